The Kier molecular flexibility index (Phi) is 11.1. The summed E-state index contributed by atoms with van der Waals surface area (Å²) in [6.07, 6.45) is 2.67. The first-order valence-electron chi connectivity index (χ1n) is 12.2. The van der Waals surface area contributed by atoms with Crippen molar-refractivity contribution in [2.45, 2.75) is 39.0 Å². The van der Waals surface area contributed by atoms with E-state index in [0.717, 1.165) is 25.0 Å². The number of nitrogens with zero attached hydrogens (tertiary/aromatic N) is 1. The van der Waals surface area contributed by atoms with Crippen molar-refractivity contribution in [1.82, 2.24) is 15.6 Å². The first-order valence-corrected chi connectivity index (χ1v) is 12.2. The second kappa shape index (κ2) is 14.5. The molecule has 6 N–H and O–H groups in total. The summed E-state index contributed by atoms with van der Waals surface area (Å²) in [5.41, 5.74) is 12.4. The molecule has 1 fully saturated rings. The molecule has 212 valence electrons. The Morgan fingerprint density at radius 2 is 1.92 bits per heavy atom. The number of nitrogens with one attached hydrogen (secondary N) is 2. The first kappa shape index (κ1) is 29.9. The molecule has 0 aliphatic heterocycles. The normalized spacial score (nSPS) is 13.4. The van der Waals surface area contributed by atoms with E-state index < -0.39 is 24.3 Å². The number of carbonyl (C=O) groups excluding carboxylic acids is 1. The highest BCUT2D eigenvalue weighted by Crippen LogP contribution is 2.36. The lowest BCUT2D eigenvalue weighted by Crippen LogP contribution is -2.34. The quantitative estimate of drug-likeness (QED) is 0.143. The molecule has 1 aliphatic carbocycles. The molecular formula is C26H31F4N5O4. The third-order valence-electron chi connectivity index (χ3n) is 5.76. The molecule has 0 radical (unpaired) electrons. The van der Waals surface area contributed by atoms with Gasteiger partial charge in [0.05, 0.1) is 24.9 Å². The molecule has 2 aromatic carbocycles. The summed E-state index contributed by atoms with van der Waals surface area (Å²) in [6.45, 7) is 0.112. The number of nitrogens with two attached hydrogens (primary N) is 2. The van der Waals surface area contributed by atoms with E-state index >= 15 is 0 Å². The number of aromatic nitrogens is 1. The summed E-state index contributed by atoms with van der Waals surface area (Å²) in [5, 5.41) is 5.20. The summed E-state index contributed by atoms with van der Waals surface area (Å²) in [5.74, 6) is 0.379. The molecule has 0 bridgehead atoms. The summed E-state index contributed by atoms with van der Waals surface area (Å²) in [7, 11) is 0. The molecule has 0 saturated heterocycles. The Labute approximate surface area is 222 Å². The summed E-state index contributed by atoms with van der Waals surface area (Å²) in [6, 6.07) is 7.29. The third-order valence-corrected chi connectivity index (χ3v) is 5.76. The molecular weight excluding hydrogens is 522 g/mol. The van der Waals surface area contributed by atoms with Gasteiger partial charge in [-0.1, -0.05) is 6.07 Å². The van der Waals surface area contributed by atoms with E-state index in [9.17, 15) is 22.4 Å². The fraction of sp³-hybridized carbons (Fsp3) is 0.385. The zero-order valence-corrected chi connectivity index (χ0v) is 21.3. The van der Waals surface area contributed by atoms with Gasteiger partial charge in [-0.2, -0.15) is 8.78 Å². The van der Waals surface area contributed by atoms with Crippen LogP contribution in [0.4, 0.5) is 17.6 Å². The van der Waals surface area contributed by atoms with Crippen LogP contribution in [0, 0.1) is 24.5 Å². The average Bonchev–Trinajstić information content (AvgIpc) is 3.66. The van der Waals surface area contributed by atoms with Gasteiger partial charge >= 0.3 is 6.61 Å². The average molecular weight is 554 g/mol. The van der Waals surface area contributed by atoms with Gasteiger partial charge in [-0.05, 0) is 49.9 Å². The number of benzene rings is 2. The van der Waals surface area contributed by atoms with Crippen molar-refractivity contribution in [3.05, 3.63) is 65.1 Å². The van der Waals surface area contributed by atoms with Gasteiger partial charge in [0.1, 0.15) is 17.4 Å². The predicted molar refractivity (Wildman–Crippen MR) is 135 cm³/mol. The van der Waals surface area contributed by atoms with Crippen molar-refractivity contribution < 1.29 is 36.2 Å². The molecule has 1 amide bonds. The molecule has 3 aromatic rings. The van der Waals surface area contributed by atoms with Crippen LogP contribution >= 0.6 is 0 Å². The molecule has 1 unspecified atom stereocenters. The third kappa shape index (κ3) is 8.94. The molecule has 1 heterocycles. The van der Waals surface area contributed by atoms with Crippen LogP contribution < -0.4 is 31.6 Å². The minimum atomic E-state index is -2.91. The second-order valence-electron chi connectivity index (χ2n) is 8.69. The Bertz CT molecular complexity index is 1220. The van der Waals surface area contributed by atoms with Gasteiger partial charge in [-0.25, -0.2) is 13.8 Å². The van der Waals surface area contributed by atoms with Crippen LogP contribution in [-0.2, 0) is 11.3 Å². The molecule has 1 saturated carbocycles. The number of rotatable bonds is 13. The molecule has 1 atom stereocenters. The number of hydrogen-bond acceptors (Lipinski definition) is 8. The highest BCUT2D eigenvalue weighted by Gasteiger charge is 2.23. The molecule has 0 spiro atoms. The van der Waals surface area contributed by atoms with Crippen LogP contribution in [0.2, 0.25) is 0 Å². The van der Waals surface area contributed by atoms with E-state index in [0.29, 0.717) is 41.8 Å². The van der Waals surface area contributed by atoms with E-state index in [-0.39, 0.29) is 36.8 Å². The van der Waals surface area contributed by atoms with E-state index in [4.69, 9.17) is 20.6 Å². The van der Waals surface area contributed by atoms with Gasteiger partial charge in [0.25, 0.3) is 0 Å². The van der Waals surface area contributed by atoms with Gasteiger partial charge in [0.2, 0.25) is 12.3 Å². The maximum Gasteiger partial charge on any atom is 0.387 e. The van der Waals surface area contributed by atoms with Crippen LogP contribution in [0.5, 0.6) is 11.5 Å². The number of ether oxygens (including phenoxy) is 2. The van der Waals surface area contributed by atoms with Crippen LogP contribution in [-0.4, -0.2) is 37.8 Å². The highest BCUT2D eigenvalue weighted by molar-refractivity contribution is 5.60. The summed E-state index contributed by atoms with van der Waals surface area (Å²) in [4.78, 5) is 14.7. The number of carbonyl (C=O) groups is 1. The smallest absolute Gasteiger partial charge is 0.387 e. The maximum atomic E-state index is 13.4. The number of alkyl halides is 2. The number of aryl methyl sites for hydroxylation is 1. The van der Waals surface area contributed by atoms with E-state index in [1.54, 1.807) is 19.1 Å². The molecule has 9 nitrogen and oxygen atoms in total. The van der Waals surface area contributed by atoms with Crippen LogP contribution in [0.25, 0.3) is 11.5 Å². The lowest BCUT2D eigenvalue weighted by molar-refractivity contribution is -0.110. The molecule has 13 heteroatoms. The Balaban J connectivity index is 0.000000231. The summed E-state index contributed by atoms with van der Waals surface area (Å²) < 4.78 is 66.8. The lowest BCUT2D eigenvalue weighted by atomic mass is 10.1. The molecule has 39 heavy (non-hydrogen) atoms. The second-order valence-corrected chi connectivity index (χ2v) is 8.69. The van der Waals surface area contributed by atoms with Gasteiger partial charge in [0, 0.05) is 30.4 Å². The van der Waals surface area contributed by atoms with Crippen LogP contribution in [0.15, 0.2) is 40.8 Å². The minimum Gasteiger partial charge on any atom is -0.489 e. The zero-order valence-electron chi connectivity index (χ0n) is 21.3. The van der Waals surface area contributed by atoms with Gasteiger partial charge in [0.15, 0.2) is 11.5 Å². The molecule has 1 aromatic heterocycles. The minimum absolute atomic E-state index is 0.00623. The highest BCUT2D eigenvalue weighted by atomic mass is 19.3. The molecule has 1 aliphatic rings. The van der Waals surface area contributed by atoms with Crippen molar-refractivity contribution in [2.75, 3.05) is 19.8 Å². The van der Waals surface area contributed by atoms with Crippen molar-refractivity contribution in [2.24, 2.45) is 17.4 Å². The van der Waals surface area contributed by atoms with Crippen LogP contribution in [0.3, 0.4) is 0 Å². The standard InChI is InChI=1S/C16H18F2N2O3.C10H13F2N3O/c1-9-14(7-19)22-15(20-9)11-4-5-12(23-16(17)18)13(6-11)21-8-10-2-3-10;11-7-1-2-8(9(12)3-7)10(15-6-16)4-14-5-13/h4-6,10,16H,2-3,7-8,19H2,1H3;1-3,6,10,14H,4-5,13H2,(H,15,16). The van der Waals surface area contributed by atoms with Crippen molar-refractivity contribution in [1.29, 1.82) is 0 Å². The Hall–Kier alpha value is -3.68. The topological polar surface area (TPSA) is 138 Å². The van der Waals surface area contributed by atoms with Crippen LogP contribution in [0.1, 0.15) is 35.9 Å². The van der Waals surface area contributed by atoms with E-state index in [1.807, 2.05) is 0 Å². The fourth-order valence-electron chi connectivity index (χ4n) is 3.53. The molecule has 4 rings (SSSR count). The number of oxazole rings is 1. The number of amides is 1. The first-order chi connectivity index (χ1) is 18.7. The predicted octanol–water partition coefficient (Wildman–Crippen LogP) is 3.76. The largest absolute Gasteiger partial charge is 0.489 e. The Morgan fingerprint density at radius 3 is 2.51 bits per heavy atom. The number of halogens is 4. The zero-order chi connectivity index (χ0) is 28.4. The monoisotopic (exact) mass is 553 g/mol. The van der Waals surface area contributed by atoms with Gasteiger partial charge in [-0.15, -0.1) is 0 Å². The fourth-order valence-corrected chi connectivity index (χ4v) is 3.53. The van der Waals surface area contributed by atoms with Crippen molar-refractivity contribution in [3.8, 4) is 23.0 Å². The van der Waals surface area contributed by atoms with Crippen molar-refractivity contribution >= 4 is 6.41 Å². The van der Waals surface area contributed by atoms with Gasteiger partial charge < -0.3 is 36.0 Å². The SMILES string of the molecule is Cc1nc(-c2ccc(OC(F)F)c(OCC3CC3)c2)oc1CN.NCNCC(NC=O)c1ccc(F)cc1F. The van der Waals surface area contributed by atoms with Gasteiger partial charge in [-0.3, -0.25) is 4.79 Å². The number of hydrogen-bond donors (Lipinski definition) is 4. The maximum absolute atomic E-state index is 13.4. The lowest BCUT2D eigenvalue weighted by Gasteiger charge is -2.17. The van der Waals surface area contributed by atoms with Crippen molar-refractivity contribution in [3.63, 3.8) is 0 Å². The summed E-state index contributed by atoms with van der Waals surface area (Å²) >= 11 is 0. The van der Waals surface area contributed by atoms with E-state index in [2.05, 4.69) is 20.4 Å². The van der Waals surface area contributed by atoms with E-state index in [1.165, 1.54) is 12.1 Å². The Morgan fingerprint density at radius 1 is 1.15 bits per heavy atom.